The summed E-state index contributed by atoms with van der Waals surface area (Å²) in [6, 6.07) is 13.5. The van der Waals surface area contributed by atoms with Crippen LogP contribution >= 0.6 is 0 Å². The van der Waals surface area contributed by atoms with Crippen molar-refractivity contribution >= 4 is 23.8 Å². The Bertz CT molecular complexity index is 1080. The van der Waals surface area contributed by atoms with Gasteiger partial charge in [-0.2, -0.15) is 0 Å². The first kappa shape index (κ1) is 26.5. The van der Waals surface area contributed by atoms with E-state index in [2.05, 4.69) is 5.32 Å². The smallest absolute Gasteiger partial charge is 0.410 e. The SMILES string of the molecule is CC(C)(C)OC(=O)N[C@@H]1CN(C(=O)OCc2ccccc2)CC[C@@H]1OC(=O)c1ccc([N+](=O)[O-])cc1. The van der Waals surface area contributed by atoms with Crippen molar-refractivity contribution in [2.75, 3.05) is 13.1 Å². The van der Waals surface area contributed by atoms with Gasteiger partial charge in [-0.1, -0.05) is 30.3 Å². The fourth-order valence-electron chi connectivity index (χ4n) is 3.57. The molecule has 0 aliphatic carbocycles. The third kappa shape index (κ3) is 7.69. The van der Waals surface area contributed by atoms with Crippen molar-refractivity contribution in [2.45, 2.75) is 51.5 Å². The number of hydrogen-bond acceptors (Lipinski definition) is 8. The predicted molar refractivity (Wildman–Crippen MR) is 128 cm³/mol. The first-order valence-electron chi connectivity index (χ1n) is 11.4. The molecule has 2 amide bonds. The number of carbonyl (C=O) groups is 3. The Morgan fingerprint density at radius 2 is 1.75 bits per heavy atom. The number of nitrogens with zero attached hydrogens (tertiary/aromatic N) is 2. The number of carbonyl (C=O) groups excluding carboxylic acids is 3. The Labute approximate surface area is 208 Å². The lowest BCUT2D eigenvalue weighted by Crippen LogP contribution is -2.58. The Morgan fingerprint density at radius 1 is 1.08 bits per heavy atom. The first-order valence-corrected chi connectivity index (χ1v) is 11.4. The van der Waals surface area contributed by atoms with Crippen LogP contribution in [0, 0.1) is 10.1 Å². The van der Waals surface area contributed by atoms with Crippen LogP contribution in [-0.4, -0.2) is 58.8 Å². The van der Waals surface area contributed by atoms with Gasteiger partial charge in [0.1, 0.15) is 18.3 Å². The number of piperidine rings is 1. The zero-order valence-corrected chi connectivity index (χ0v) is 20.3. The highest BCUT2D eigenvalue weighted by Gasteiger charge is 2.36. The molecule has 0 unspecified atom stereocenters. The van der Waals surface area contributed by atoms with Crippen LogP contribution in [0.25, 0.3) is 0 Å². The van der Waals surface area contributed by atoms with Gasteiger partial charge in [-0.25, -0.2) is 14.4 Å². The molecule has 11 nitrogen and oxygen atoms in total. The largest absolute Gasteiger partial charge is 0.456 e. The number of nitro groups is 1. The molecule has 0 aromatic heterocycles. The van der Waals surface area contributed by atoms with Crippen LogP contribution < -0.4 is 5.32 Å². The normalized spacial score (nSPS) is 17.6. The van der Waals surface area contributed by atoms with Crippen LogP contribution in [0.2, 0.25) is 0 Å². The summed E-state index contributed by atoms with van der Waals surface area (Å²) in [5.41, 5.74) is 0.0543. The minimum atomic E-state index is -0.765. The molecule has 0 saturated carbocycles. The highest BCUT2D eigenvalue weighted by atomic mass is 16.6. The minimum Gasteiger partial charge on any atom is -0.456 e. The van der Waals surface area contributed by atoms with Gasteiger partial charge in [0.05, 0.1) is 16.5 Å². The number of amides is 2. The Hall–Kier alpha value is -4.15. The molecule has 1 fully saturated rings. The topological polar surface area (TPSA) is 137 Å². The average Bonchev–Trinajstić information content (AvgIpc) is 2.83. The molecule has 11 heteroatoms. The van der Waals surface area contributed by atoms with E-state index in [1.165, 1.54) is 29.2 Å². The van der Waals surface area contributed by atoms with Crippen molar-refractivity contribution in [3.8, 4) is 0 Å². The second kappa shape index (κ2) is 11.5. The van der Waals surface area contributed by atoms with E-state index in [1.807, 2.05) is 30.3 Å². The number of hydrogen-bond donors (Lipinski definition) is 1. The van der Waals surface area contributed by atoms with Crippen molar-refractivity contribution < 1.29 is 33.5 Å². The Morgan fingerprint density at radius 3 is 2.36 bits per heavy atom. The van der Waals surface area contributed by atoms with Crippen molar-refractivity contribution in [1.82, 2.24) is 10.2 Å². The van der Waals surface area contributed by atoms with Crippen LogP contribution in [-0.2, 0) is 20.8 Å². The molecule has 2 atom stereocenters. The van der Waals surface area contributed by atoms with Crippen LogP contribution in [0.15, 0.2) is 54.6 Å². The number of benzene rings is 2. The van der Waals surface area contributed by atoms with Crippen molar-refractivity contribution in [2.24, 2.45) is 0 Å². The van der Waals surface area contributed by atoms with Crippen LogP contribution in [0.3, 0.4) is 0 Å². The highest BCUT2D eigenvalue weighted by Crippen LogP contribution is 2.20. The molecule has 2 aromatic rings. The number of non-ortho nitro benzene ring substituents is 1. The van der Waals surface area contributed by atoms with Crippen LogP contribution in [0.4, 0.5) is 15.3 Å². The molecular formula is C25H29N3O8. The van der Waals surface area contributed by atoms with Crippen molar-refractivity contribution in [1.29, 1.82) is 0 Å². The molecule has 192 valence electrons. The molecule has 3 rings (SSSR count). The third-order valence-corrected chi connectivity index (χ3v) is 5.29. The molecule has 0 spiro atoms. The quantitative estimate of drug-likeness (QED) is 0.272. The summed E-state index contributed by atoms with van der Waals surface area (Å²) in [7, 11) is 0. The number of ether oxygens (including phenoxy) is 3. The van der Waals surface area contributed by atoms with E-state index in [4.69, 9.17) is 14.2 Å². The van der Waals surface area contributed by atoms with Crippen LogP contribution in [0.5, 0.6) is 0 Å². The maximum absolute atomic E-state index is 12.7. The van der Waals surface area contributed by atoms with Gasteiger partial charge in [-0.3, -0.25) is 10.1 Å². The molecule has 2 aromatic carbocycles. The van der Waals surface area contributed by atoms with Gasteiger partial charge < -0.3 is 24.4 Å². The number of nitro benzene ring substituents is 1. The molecule has 1 aliphatic rings. The van der Waals surface area contributed by atoms with E-state index >= 15 is 0 Å². The van der Waals surface area contributed by atoms with Gasteiger partial charge in [0.2, 0.25) is 0 Å². The second-order valence-corrected chi connectivity index (χ2v) is 9.28. The standard InChI is InChI=1S/C25H29N3O8/c1-25(2,3)36-23(30)26-20-15-27(24(31)34-16-17-7-5-4-6-8-17)14-13-21(20)35-22(29)18-9-11-19(12-10-18)28(32)33/h4-12,20-21H,13-16H2,1-3H3,(H,26,30)/t20-,21+/m1/s1. The molecule has 1 N–H and O–H groups in total. The lowest BCUT2D eigenvalue weighted by Gasteiger charge is -2.38. The molecule has 0 bridgehead atoms. The zero-order valence-electron chi connectivity index (χ0n) is 20.3. The number of rotatable bonds is 6. The van der Waals surface area contributed by atoms with E-state index in [-0.39, 0.29) is 37.4 Å². The summed E-state index contributed by atoms with van der Waals surface area (Å²) in [5.74, 6) is -0.703. The van der Waals surface area contributed by atoms with Gasteiger partial charge >= 0.3 is 18.2 Å². The van der Waals surface area contributed by atoms with Crippen molar-refractivity contribution in [3.63, 3.8) is 0 Å². The monoisotopic (exact) mass is 499 g/mol. The van der Waals surface area contributed by atoms with Gasteiger partial charge in [0.25, 0.3) is 5.69 Å². The van der Waals surface area contributed by atoms with Gasteiger partial charge in [0.15, 0.2) is 0 Å². The number of alkyl carbamates (subject to hydrolysis) is 1. The maximum Gasteiger partial charge on any atom is 0.410 e. The average molecular weight is 500 g/mol. The van der Waals surface area contributed by atoms with Crippen molar-refractivity contribution in [3.05, 3.63) is 75.8 Å². The molecule has 1 aliphatic heterocycles. The molecule has 36 heavy (non-hydrogen) atoms. The van der Waals surface area contributed by atoms with E-state index < -0.39 is 40.8 Å². The Kier molecular flexibility index (Phi) is 8.46. The van der Waals surface area contributed by atoms with E-state index in [0.29, 0.717) is 0 Å². The molecule has 0 radical (unpaired) electrons. The fourth-order valence-corrected chi connectivity index (χ4v) is 3.57. The third-order valence-electron chi connectivity index (χ3n) is 5.29. The lowest BCUT2D eigenvalue weighted by atomic mass is 10.0. The molecule has 1 heterocycles. The van der Waals surface area contributed by atoms with Crippen LogP contribution in [0.1, 0.15) is 43.1 Å². The minimum absolute atomic E-state index is 0.0328. The van der Waals surface area contributed by atoms with E-state index in [0.717, 1.165) is 5.56 Å². The van der Waals surface area contributed by atoms with Gasteiger partial charge in [-0.05, 0) is 38.5 Å². The van der Waals surface area contributed by atoms with Gasteiger partial charge in [-0.15, -0.1) is 0 Å². The summed E-state index contributed by atoms with van der Waals surface area (Å²) in [4.78, 5) is 49.5. The number of esters is 1. The summed E-state index contributed by atoms with van der Waals surface area (Å²) >= 11 is 0. The second-order valence-electron chi connectivity index (χ2n) is 9.28. The summed E-state index contributed by atoms with van der Waals surface area (Å²) < 4.78 is 16.3. The predicted octanol–water partition coefficient (Wildman–Crippen LogP) is 4.06. The lowest BCUT2D eigenvalue weighted by molar-refractivity contribution is -0.384. The van der Waals surface area contributed by atoms with E-state index in [1.54, 1.807) is 20.8 Å². The fraction of sp³-hybridized carbons (Fsp3) is 0.400. The molecule has 1 saturated heterocycles. The summed E-state index contributed by atoms with van der Waals surface area (Å²) in [5, 5.41) is 13.5. The Balaban J connectivity index is 1.67. The number of likely N-dealkylation sites (tertiary alicyclic amines) is 1. The van der Waals surface area contributed by atoms with E-state index in [9.17, 15) is 24.5 Å². The maximum atomic E-state index is 12.7. The number of nitrogens with one attached hydrogen (secondary N) is 1. The molecular weight excluding hydrogens is 470 g/mol. The van der Waals surface area contributed by atoms with Gasteiger partial charge in [0, 0.05) is 31.6 Å². The first-order chi connectivity index (χ1) is 17.0. The highest BCUT2D eigenvalue weighted by molar-refractivity contribution is 5.89. The summed E-state index contributed by atoms with van der Waals surface area (Å²) in [6.07, 6.45) is -1.81. The summed E-state index contributed by atoms with van der Waals surface area (Å²) in [6.45, 7) is 5.51. The zero-order chi connectivity index (χ0) is 26.3.